The van der Waals surface area contributed by atoms with Gasteiger partial charge in [0, 0.05) is 22.3 Å². The molecule has 0 bridgehead atoms. The number of nitrogens with zero attached hydrogens (tertiary/aromatic N) is 2. The van der Waals surface area contributed by atoms with Crippen LogP contribution in [-0.4, -0.2) is 22.6 Å². The zero-order valence-electron chi connectivity index (χ0n) is 10.1. The summed E-state index contributed by atoms with van der Waals surface area (Å²) in [5.74, 6) is 0.612. The predicted octanol–water partition coefficient (Wildman–Crippen LogP) is 3.10. The maximum Gasteiger partial charge on any atom is 0.0994 e. The Balaban J connectivity index is 1.98. The monoisotopic (exact) mass is 305 g/mol. The fourth-order valence-corrected chi connectivity index (χ4v) is 3.05. The average molecular weight is 306 g/mol. The van der Waals surface area contributed by atoms with Crippen LogP contribution in [0, 0.1) is 0 Å². The summed E-state index contributed by atoms with van der Waals surface area (Å²) in [4.78, 5) is 4.34. The summed E-state index contributed by atoms with van der Waals surface area (Å²) in [7, 11) is 0. The minimum Gasteiger partial charge on any atom is -0.317 e. The Labute approximate surface area is 115 Å². The molecule has 0 radical (unpaired) electrons. The highest BCUT2D eigenvalue weighted by Gasteiger charge is 2.19. The third-order valence-electron chi connectivity index (χ3n) is 3.54. The quantitative estimate of drug-likeness (QED) is 0.924. The third kappa shape index (κ3) is 2.22. The highest BCUT2D eigenvalue weighted by atomic mass is 79.9. The number of benzene rings is 1. The number of imidazole rings is 1. The maximum atomic E-state index is 4.34. The molecule has 94 valence electrons. The van der Waals surface area contributed by atoms with E-state index < -0.39 is 0 Å². The molecule has 1 saturated heterocycles. The van der Waals surface area contributed by atoms with E-state index in [2.05, 4.69) is 49.0 Å². The van der Waals surface area contributed by atoms with Crippen LogP contribution in [0.5, 0.6) is 0 Å². The van der Waals surface area contributed by atoms with Crippen molar-refractivity contribution < 1.29 is 0 Å². The van der Waals surface area contributed by atoms with Gasteiger partial charge in [0.15, 0.2) is 0 Å². The van der Waals surface area contributed by atoms with E-state index in [1.54, 1.807) is 0 Å². The zero-order valence-corrected chi connectivity index (χ0v) is 11.7. The van der Waals surface area contributed by atoms with E-state index >= 15 is 0 Å². The standard InChI is InChI=1S/C14H16BrN3/c15-12-3-1-2-4-13(12)18-10-17-9-14(18)11-5-7-16-8-6-11/h1-4,9-11,16H,5-8H2. The van der Waals surface area contributed by atoms with E-state index in [9.17, 15) is 0 Å². The lowest BCUT2D eigenvalue weighted by Gasteiger charge is -2.24. The fourth-order valence-electron chi connectivity index (χ4n) is 2.57. The number of hydrogen-bond donors (Lipinski definition) is 1. The Morgan fingerprint density at radius 3 is 2.78 bits per heavy atom. The van der Waals surface area contributed by atoms with Crippen molar-refractivity contribution in [1.82, 2.24) is 14.9 Å². The van der Waals surface area contributed by atoms with Crippen molar-refractivity contribution in [2.45, 2.75) is 18.8 Å². The topological polar surface area (TPSA) is 29.9 Å². The summed E-state index contributed by atoms with van der Waals surface area (Å²) in [6, 6.07) is 8.29. The van der Waals surface area contributed by atoms with Crippen LogP contribution >= 0.6 is 15.9 Å². The highest BCUT2D eigenvalue weighted by Crippen LogP contribution is 2.29. The molecule has 0 saturated carbocycles. The molecule has 4 heteroatoms. The van der Waals surface area contributed by atoms with Crippen molar-refractivity contribution in [1.29, 1.82) is 0 Å². The van der Waals surface area contributed by atoms with E-state index in [4.69, 9.17) is 0 Å². The van der Waals surface area contributed by atoms with Crippen LogP contribution in [0.15, 0.2) is 41.3 Å². The normalized spacial score (nSPS) is 16.9. The zero-order chi connectivity index (χ0) is 12.4. The van der Waals surface area contributed by atoms with Crippen LogP contribution < -0.4 is 5.32 Å². The number of aromatic nitrogens is 2. The van der Waals surface area contributed by atoms with Crippen molar-refractivity contribution in [3.8, 4) is 5.69 Å². The van der Waals surface area contributed by atoms with Crippen molar-refractivity contribution >= 4 is 15.9 Å². The lowest BCUT2D eigenvalue weighted by molar-refractivity contribution is 0.449. The lowest BCUT2D eigenvalue weighted by atomic mass is 9.95. The Kier molecular flexibility index (Phi) is 3.48. The summed E-state index contributed by atoms with van der Waals surface area (Å²) in [5, 5.41) is 3.41. The maximum absolute atomic E-state index is 4.34. The molecule has 3 rings (SSSR count). The van der Waals surface area contributed by atoms with Gasteiger partial charge in [-0.1, -0.05) is 12.1 Å². The van der Waals surface area contributed by atoms with E-state index in [-0.39, 0.29) is 0 Å². The number of halogens is 1. The van der Waals surface area contributed by atoms with Gasteiger partial charge in [-0.3, -0.25) is 0 Å². The molecule has 0 spiro atoms. The van der Waals surface area contributed by atoms with Crippen LogP contribution in [-0.2, 0) is 0 Å². The van der Waals surface area contributed by atoms with Crippen molar-refractivity contribution in [3.05, 3.63) is 47.0 Å². The number of piperidine rings is 1. The molecule has 1 fully saturated rings. The Bertz CT molecular complexity index is 529. The summed E-state index contributed by atoms with van der Waals surface area (Å²) in [6.07, 6.45) is 6.30. The molecule has 1 aromatic carbocycles. The highest BCUT2D eigenvalue weighted by molar-refractivity contribution is 9.10. The molecule has 0 amide bonds. The van der Waals surface area contributed by atoms with Gasteiger partial charge in [0.25, 0.3) is 0 Å². The molecule has 3 nitrogen and oxygen atoms in total. The minimum atomic E-state index is 0.612. The van der Waals surface area contributed by atoms with Gasteiger partial charge in [-0.2, -0.15) is 0 Å². The molecule has 0 unspecified atom stereocenters. The molecule has 18 heavy (non-hydrogen) atoms. The molecule has 1 aliphatic rings. The number of rotatable bonds is 2. The van der Waals surface area contributed by atoms with E-state index in [1.807, 2.05) is 18.6 Å². The molecule has 1 aliphatic heterocycles. The molecular formula is C14H16BrN3. The van der Waals surface area contributed by atoms with Gasteiger partial charge in [0.05, 0.1) is 12.0 Å². The Morgan fingerprint density at radius 1 is 1.22 bits per heavy atom. The minimum absolute atomic E-state index is 0.612. The second-order valence-corrected chi connectivity index (χ2v) is 5.52. The Hall–Kier alpha value is -1.13. The molecular weight excluding hydrogens is 290 g/mol. The first-order chi connectivity index (χ1) is 8.86. The average Bonchev–Trinajstić information content (AvgIpc) is 2.89. The molecule has 1 aromatic heterocycles. The molecule has 0 atom stereocenters. The van der Waals surface area contributed by atoms with Gasteiger partial charge in [0.1, 0.15) is 0 Å². The van der Waals surface area contributed by atoms with Gasteiger partial charge in [0.2, 0.25) is 0 Å². The number of para-hydroxylation sites is 1. The first-order valence-corrected chi connectivity index (χ1v) is 7.13. The first-order valence-electron chi connectivity index (χ1n) is 6.34. The fraction of sp³-hybridized carbons (Fsp3) is 0.357. The third-order valence-corrected chi connectivity index (χ3v) is 4.21. The molecule has 1 N–H and O–H groups in total. The van der Waals surface area contributed by atoms with E-state index in [1.165, 1.54) is 24.2 Å². The van der Waals surface area contributed by atoms with E-state index in [0.29, 0.717) is 5.92 Å². The second kappa shape index (κ2) is 5.24. The predicted molar refractivity (Wildman–Crippen MR) is 76.1 cm³/mol. The van der Waals surface area contributed by atoms with Gasteiger partial charge in [-0.25, -0.2) is 4.98 Å². The first kappa shape index (κ1) is 11.9. The van der Waals surface area contributed by atoms with Crippen molar-refractivity contribution in [2.75, 3.05) is 13.1 Å². The summed E-state index contributed by atoms with van der Waals surface area (Å²) in [6.45, 7) is 2.21. The van der Waals surface area contributed by atoms with Crippen LogP contribution in [0.1, 0.15) is 24.5 Å². The summed E-state index contributed by atoms with van der Waals surface area (Å²) < 4.78 is 3.32. The van der Waals surface area contributed by atoms with Gasteiger partial charge < -0.3 is 9.88 Å². The molecule has 2 heterocycles. The Morgan fingerprint density at radius 2 is 2.00 bits per heavy atom. The summed E-state index contributed by atoms with van der Waals surface area (Å²) >= 11 is 3.61. The smallest absolute Gasteiger partial charge is 0.0994 e. The van der Waals surface area contributed by atoms with E-state index in [0.717, 1.165) is 17.6 Å². The van der Waals surface area contributed by atoms with Gasteiger partial charge in [-0.15, -0.1) is 0 Å². The van der Waals surface area contributed by atoms with Crippen molar-refractivity contribution in [2.24, 2.45) is 0 Å². The number of hydrogen-bond acceptors (Lipinski definition) is 2. The van der Waals surface area contributed by atoms with Crippen LogP contribution in [0.4, 0.5) is 0 Å². The molecule has 2 aromatic rings. The van der Waals surface area contributed by atoms with Crippen LogP contribution in [0.2, 0.25) is 0 Å². The number of nitrogens with one attached hydrogen (secondary N) is 1. The SMILES string of the molecule is Brc1ccccc1-n1cncc1C1CCNCC1. The van der Waals surface area contributed by atoms with Crippen LogP contribution in [0.25, 0.3) is 5.69 Å². The summed E-state index contributed by atoms with van der Waals surface area (Å²) in [5.41, 5.74) is 2.49. The second-order valence-electron chi connectivity index (χ2n) is 4.66. The van der Waals surface area contributed by atoms with Gasteiger partial charge in [-0.05, 0) is 54.0 Å². The molecule has 0 aliphatic carbocycles. The lowest BCUT2D eigenvalue weighted by Crippen LogP contribution is -2.27. The van der Waals surface area contributed by atoms with Crippen molar-refractivity contribution in [3.63, 3.8) is 0 Å². The van der Waals surface area contributed by atoms with Crippen LogP contribution in [0.3, 0.4) is 0 Å². The van der Waals surface area contributed by atoms with Gasteiger partial charge >= 0.3 is 0 Å². The largest absolute Gasteiger partial charge is 0.317 e.